The number of likely N-dealkylation sites (N-methyl/N-ethyl adjacent to an activating group) is 1. The summed E-state index contributed by atoms with van der Waals surface area (Å²) in [6.07, 6.45) is 11.2. The maximum absolute atomic E-state index is 13.1. The van der Waals surface area contributed by atoms with Gasteiger partial charge in [0.1, 0.15) is 0 Å². The van der Waals surface area contributed by atoms with Crippen LogP contribution >= 0.6 is 0 Å². The van der Waals surface area contributed by atoms with Crippen LogP contribution in [0.25, 0.3) is 0 Å². The Morgan fingerprint density at radius 3 is 2.67 bits per heavy atom. The smallest absolute Gasteiger partial charge is 0.340 e. The number of nitrogens with two attached hydrogens (primary N) is 1. The molecule has 5 rings (SSSR count). The number of carbonyl (C=O) groups is 3. The van der Waals surface area contributed by atoms with Crippen molar-refractivity contribution in [3.63, 3.8) is 0 Å². The Morgan fingerprint density at radius 1 is 1.14 bits per heavy atom. The number of fused-ring (bicyclic) bond motifs is 5. The Hall–Kier alpha value is -2.83. The van der Waals surface area contributed by atoms with E-state index in [2.05, 4.69) is 25.2 Å². The molecule has 0 saturated heterocycles. The molecule has 194 valence electrons. The number of benzene rings is 1. The van der Waals surface area contributed by atoms with Crippen molar-refractivity contribution in [2.24, 2.45) is 34.5 Å². The molecule has 0 bridgehead atoms. The second-order valence-electron chi connectivity index (χ2n) is 11.9. The van der Waals surface area contributed by atoms with Crippen LogP contribution < -0.4 is 11.1 Å². The van der Waals surface area contributed by atoms with Crippen LogP contribution in [-0.4, -0.2) is 42.9 Å². The van der Waals surface area contributed by atoms with Crippen molar-refractivity contribution in [1.82, 2.24) is 4.90 Å². The summed E-state index contributed by atoms with van der Waals surface area (Å²) in [6, 6.07) is 5.31. The highest BCUT2D eigenvalue weighted by atomic mass is 16.5. The molecule has 1 heterocycles. The third-order valence-electron chi connectivity index (χ3n) is 10.5. The van der Waals surface area contributed by atoms with Crippen LogP contribution in [0.2, 0.25) is 0 Å². The Morgan fingerprint density at radius 2 is 1.92 bits per heavy atom. The molecule has 7 nitrogen and oxygen atoms in total. The standard InChI is InChI=1S/C29H39N3O4/c1-28-14-12-21-18(9-11-23-29(21,2)15-13-25(34)32(23)3)20(28)10-8-17(28)16-24(33)31-22-7-5-6-19(26(22)30)27(35)36-4/h5-7,13,15,17-18,20-21,23H,8-12,14,16,30H2,1-4H3,(H,31,33)/t17-,18?,20?,21?,23?,28-,29-/m1/s1. The van der Waals surface area contributed by atoms with Gasteiger partial charge in [-0.15, -0.1) is 0 Å². The summed E-state index contributed by atoms with van der Waals surface area (Å²) in [7, 11) is 3.27. The van der Waals surface area contributed by atoms with Gasteiger partial charge in [-0.2, -0.15) is 0 Å². The minimum absolute atomic E-state index is 0.0323. The Labute approximate surface area is 213 Å². The van der Waals surface area contributed by atoms with E-state index in [1.807, 2.05) is 11.9 Å². The summed E-state index contributed by atoms with van der Waals surface area (Å²) >= 11 is 0. The highest BCUT2D eigenvalue weighted by molar-refractivity contribution is 6.02. The van der Waals surface area contributed by atoms with Crippen molar-refractivity contribution in [3.8, 4) is 0 Å². The van der Waals surface area contributed by atoms with E-state index in [9.17, 15) is 14.4 Å². The average molecular weight is 494 g/mol. The maximum Gasteiger partial charge on any atom is 0.340 e. The number of carbonyl (C=O) groups excluding carboxylic acids is 3. The number of hydrogen-bond acceptors (Lipinski definition) is 5. The maximum atomic E-state index is 13.1. The molecule has 3 aliphatic carbocycles. The quantitative estimate of drug-likeness (QED) is 0.470. The fraction of sp³-hybridized carbons (Fsp3) is 0.621. The summed E-state index contributed by atoms with van der Waals surface area (Å²) in [4.78, 5) is 39.4. The number of methoxy groups -OCH3 is 1. The first kappa shape index (κ1) is 24.8. The molecule has 0 aromatic heterocycles. The Kier molecular flexibility index (Phi) is 6.16. The number of esters is 1. The monoisotopic (exact) mass is 493 g/mol. The average Bonchev–Trinajstić information content (AvgIpc) is 3.18. The Balaban J connectivity index is 1.30. The lowest BCUT2D eigenvalue weighted by Crippen LogP contribution is -2.59. The molecule has 7 heteroatoms. The number of nitrogens with zero attached hydrogens (tertiary/aromatic N) is 1. The van der Waals surface area contributed by atoms with Gasteiger partial charge in [-0.1, -0.05) is 26.0 Å². The van der Waals surface area contributed by atoms with Crippen LogP contribution in [0.15, 0.2) is 30.4 Å². The topological polar surface area (TPSA) is 102 Å². The molecule has 0 spiro atoms. The number of para-hydroxylation sites is 1. The summed E-state index contributed by atoms with van der Waals surface area (Å²) in [5, 5.41) is 2.96. The number of hydrogen-bond donors (Lipinski definition) is 2. The van der Waals surface area contributed by atoms with Gasteiger partial charge in [-0.05, 0) is 85.8 Å². The molecule has 3 saturated carbocycles. The summed E-state index contributed by atoms with van der Waals surface area (Å²) in [6.45, 7) is 4.77. The van der Waals surface area contributed by atoms with E-state index < -0.39 is 5.97 Å². The molecule has 36 heavy (non-hydrogen) atoms. The van der Waals surface area contributed by atoms with Gasteiger partial charge in [-0.25, -0.2) is 4.79 Å². The fourth-order valence-electron chi connectivity index (χ4n) is 8.57. The summed E-state index contributed by atoms with van der Waals surface area (Å²) in [5.41, 5.74) is 7.29. The number of ether oxygens (including phenoxy) is 1. The predicted molar refractivity (Wildman–Crippen MR) is 139 cm³/mol. The molecule has 7 atom stereocenters. The van der Waals surface area contributed by atoms with Crippen molar-refractivity contribution >= 4 is 29.2 Å². The van der Waals surface area contributed by atoms with Crippen molar-refractivity contribution in [1.29, 1.82) is 0 Å². The van der Waals surface area contributed by atoms with E-state index in [1.54, 1.807) is 24.3 Å². The lowest BCUT2D eigenvalue weighted by molar-refractivity contribution is -0.139. The molecule has 1 aromatic rings. The largest absolute Gasteiger partial charge is 0.465 e. The number of nitrogen functional groups attached to an aromatic ring is 1. The highest BCUT2D eigenvalue weighted by Crippen LogP contribution is 2.66. The van der Waals surface area contributed by atoms with Gasteiger partial charge in [0.25, 0.3) is 0 Å². The first-order valence-corrected chi connectivity index (χ1v) is 13.3. The molecule has 4 unspecified atom stereocenters. The minimum atomic E-state index is -0.515. The van der Waals surface area contributed by atoms with E-state index in [1.165, 1.54) is 7.11 Å². The van der Waals surface area contributed by atoms with Gasteiger partial charge in [0.15, 0.2) is 0 Å². The number of amides is 2. The lowest BCUT2D eigenvalue weighted by atomic mass is 9.47. The molecule has 4 aliphatic rings. The van der Waals surface area contributed by atoms with Crippen LogP contribution in [0, 0.1) is 34.5 Å². The van der Waals surface area contributed by atoms with E-state index in [-0.39, 0.29) is 39.9 Å². The molecule has 0 radical (unpaired) electrons. The van der Waals surface area contributed by atoms with Gasteiger partial charge in [0.2, 0.25) is 11.8 Å². The molecular formula is C29H39N3O4. The summed E-state index contributed by atoms with van der Waals surface area (Å²) in [5.74, 6) is 1.70. The molecule has 1 aliphatic heterocycles. The SMILES string of the molecule is COC(=O)c1cccc(NC(=O)C[C@H]2CCC3C4CCC5N(C)C(=O)C=C[C@]5(C)C4CC[C@@]32C)c1N. The van der Waals surface area contributed by atoms with Crippen LogP contribution in [-0.2, 0) is 14.3 Å². The number of rotatable bonds is 4. The molecule has 2 amide bonds. The van der Waals surface area contributed by atoms with E-state index >= 15 is 0 Å². The van der Waals surface area contributed by atoms with Gasteiger partial charge < -0.3 is 20.7 Å². The van der Waals surface area contributed by atoms with E-state index in [4.69, 9.17) is 10.5 Å². The second-order valence-corrected chi connectivity index (χ2v) is 11.9. The zero-order valence-electron chi connectivity index (χ0n) is 21.9. The third-order valence-corrected chi connectivity index (χ3v) is 10.5. The van der Waals surface area contributed by atoms with Crippen molar-refractivity contribution in [2.45, 2.75) is 64.8 Å². The third kappa shape index (κ3) is 3.73. The van der Waals surface area contributed by atoms with Crippen molar-refractivity contribution < 1.29 is 19.1 Å². The van der Waals surface area contributed by atoms with Crippen LogP contribution in [0.3, 0.4) is 0 Å². The fourth-order valence-corrected chi connectivity index (χ4v) is 8.57. The first-order valence-electron chi connectivity index (χ1n) is 13.3. The van der Waals surface area contributed by atoms with Gasteiger partial charge in [-0.3, -0.25) is 9.59 Å². The van der Waals surface area contributed by atoms with E-state index in [0.29, 0.717) is 35.8 Å². The molecular weight excluding hydrogens is 454 g/mol. The zero-order chi connectivity index (χ0) is 25.8. The van der Waals surface area contributed by atoms with Gasteiger partial charge in [0.05, 0.1) is 24.0 Å². The van der Waals surface area contributed by atoms with Crippen LogP contribution in [0.1, 0.15) is 69.2 Å². The zero-order valence-corrected chi connectivity index (χ0v) is 21.9. The van der Waals surface area contributed by atoms with Gasteiger partial charge in [0, 0.05) is 24.9 Å². The minimum Gasteiger partial charge on any atom is -0.465 e. The summed E-state index contributed by atoms with van der Waals surface area (Å²) < 4.78 is 4.80. The first-order chi connectivity index (χ1) is 17.1. The lowest BCUT2D eigenvalue weighted by Gasteiger charge is -2.60. The van der Waals surface area contributed by atoms with Crippen LogP contribution in [0.5, 0.6) is 0 Å². The highest BCUT2D eigenvalue weighted by Gasteiger charge is 2.60. The van der Waals surface area contributed by atoms with Crippen LogP contribution in [0.4, 0.5) is 11.4 Å². The Bertz CT molecular complexity index is 1120. The van der Waals surface area contributed by atoms with Crippen molar-refractivity contribution in [3.05, 3.63) is 35.9 Å². The second kappa shape index (κ2) is 8.93. The molecule has 3 N–H and O–H groups in total. The van der Waals surface area contributed by atoms with Crippen molar-refractivity contribution in [2.75, 3.05) is 25.2 Å². The molecule has 1 aromatic carbocycles. The molecule has 3 fully saturated rings. The normalized spacial score (nSPS) is 37.1. The van der Waals surface area contributed by atoms with Gasteiger partial charge >= 0.3 is 5.97 Å². The number of nitrogens with one attached hydrogen (secondary N) is 1. The number of anilines is 2. The van der Waals surface area contributed by atoms with E-state index in [0.717, 1.165) is 38.5 Å². The predicted octanol–water partition coefficient (Wildman–Crippen LogP) is 4.64.